The van der Waals surface area contributed by atoms with E-state index < -0.39 is 0 Å². The van der Waals surface area contributed by atoms with E-state index in [9.17, 15) is 14.0 Å². The van der Waals surface area contributed by atoms with Crippen molar-refractivity contribution in [2.24, 2.45) is 7.05 Å². The van der Waals surface area contributed by atoms with Crippen LogP contribution in [-0.2, 0) is 7.05 Å². The maximum absolute atomic E-state index is 12.7. The third kappa shape index (κ3) is 3.31. The van der Waals surface area contributed by atoms with Gasteiger partial charge in [-0.05, 0) is 24.3 Å². The van der Waals surface area contributed by atoms with Gasteiger partial charge in [-0.3, -0.25) is 9.36 Å². The first kappa shape index (κ1) is 13.5. The number of H-pyrrole nitrogens is 1. The third-order valence-electron chi connectivity index (χ3n) is 2.57. The predicted molar refractivity (Wildman–Crippen MR) is 69.9 cm³/mol. The molecule has 2 aromatic rings. The quantitative estimate of drug-likeness (QED) is 0.668. The fourth-order valence-corrected chi connectivity index (χ4v) is 2.33. The molecular weight excluding hydrogens is 269 g/mol. The van der Waals surface area contributed by atoms with Gasteiger partial charge in [-0.2, -0.15) is 0 Å². The number of hydrogen-bond donors (Lipinski definition) is 1. The van der Waals surface area contributed by atoms with Crippen LogP contribution < -0.4 is 5.69 Å². The lowest BCUT2D eigenvalue weighted by molar-refractivity contribution is 0.0989. The number of nitrogens with one attached hydrogen (secondary N) is 1. The highest BCUT2D eigenvalue weighted by Crippen LogP contribution is 2.15. The Morgan fingerprint density at radius 2 is 2.11 bits per heavy atom. The molecule has 0 saturated carbocycles. The summed E-state index contributed by atoms with van der Waals surface area (Å²) < 4.78 is 14.1. The Balaban J connectivity index is 1.89. The average Bonchev–Trinajstić information content (AvgIpc) is 2.71. The summed E-state index contributed by atoms with van der Waals surface area (Å²) in [5, 5.41) is 6.69. The number of halogens is 1. The van der Waals surface area contributed by atoms with Gasteiger partial charge < -0.3 is 0 Å². The van der Waals surface area contributed by atoms with Crippen LogP contribution in [0.2, 0.25) is 0 Å². The summed E-state index contributed by atoms with van der Waals surface area (Å²) in [5.74, 6) is 0.0828. The Morgan fingerprint density at radius 3 is 2.68 bits per heavy atom. The summed E-state index contributed by atoms with van der Waals surface area (Å²) in [4.78, 5) is 22.9. The van der Waals surface area contributed by atoms with Crippen LogP contribution in [0.1, 0.15) is 16.8 Å². The van der Waals surface area contributed by atoms with Crippen LogP contribution in [0.4, 0.5) is 4.39 Å². The summed E-state index contributed by atoms with van der Waals surface area (Å²) in [6.07, 6.45) is 0.303. The van der Waals surface area contributed by atoms with Crippen LogP contribution in [-0.4, -0.2) is 26.3 Å². The molecule has 7 heteroatoms. The molecule has 1 aromatic carbocycles. The summed E-state index contributed by atoms with van der Waals surface area (Å²) in [6.45, 7) is 0. The number of nitrogens with zero attached hydrogens (tertiary/aromatic N) is 2. The second-order valence-electron chi connectivity index (χ2n) is 3.90. The van der Waals surface area contributed by atoms with Gasteiger partial charge in [0.05, 0.1) is 0 Å². The van der Waals surface area contributed by atoms with Crippen LogP contribution in [0.15, 0.2) is 34.2 Å². The first-order chi connectivity index (χ1) is 9.08. The fourth-order valence-electron chi connectivity index (χ4n) is 1.48. The topological polar surface area (TPSA) is 67.8 Å². The van der Waals surface area contributed by atoms with Gasteiger partial charge in [0, 0.05) is 24.8 Å². The molecule has 1 aromatic heterocycles. The lowest BCUT2D eigenvalue weighted by Crippen LogP contribution is -2.13. The van der Waals surface area contributed by atoms with Gasteiger partial charge in [-0.15, -0.1) is 5.10 Å². The Labute approximate surface area is 112 Å². The van der Waals surface area contributed by atoms with Gasteiger partial charge in [0.2, 0.25) is 0 Å². The second kappa shape index (κ2) is 5.83. The molecule has 100 valence electrons. The molecule has 0 radical (unpaired) electrons. The van der Waals surface area contributed by atoms with E-state index in [1.807, 2.05) is 0 Å². The van der Waals surface area contributed by atoms with E-state index in [0.717, 1.165) is 0 Å². The number of benzene rings is 1. The summed E-state index contributed by atoms with van der Waals surface area (Å²) >= 11 is 1.32. The largest absolute Gasteiger partial charge is 0.343 e. The highest BCUT2D eigenvalue weighted by molar-refractivity contribution is 7.99. The average molecular weight is 281 g/mol. The van der Waals surface area contributed by atoms with Crippen LogP contribution in [0.3, 0.4) is 0 Å². The highest BCUT2D eigenvalue weighted by Gasteiger charge is 2.08. The summed E-state index contributed by atoms with van der Waals surface area (Å²) in [6, 6.07) is 5.45. The van der Waals surface area contributed by atoms with Crippen molar-refractivity contribution in [1.82, 2.24) is 14.8 Å². The van der Waals surface area contributed by atoms with Gasteiger partial charge >= 0.3 is 5.69 Å². The number of aromatic nitrogens is 3. The first-order valence-corrected chi connectivity index (χ1v) is 6.59. The Bertz CT molecular complexity index is 633. The molecule has 0 saturated heterocycles. The van der Waals surface area contributed by atoms with Crippen molar-refractivity contribution in [2.45, 2.75) is 11.6 Å². The van der Waals surface area contributed by atoms with E-state index in [1.165, 1.54) is 40.6 Å². The Kier molecular flexibility index (Phi) is 4.16. The van der Waals surface area contributed by atoms with E-state index in [0.29, 0.717) is 22.9 Å². The molecule has 0 amide bonds. The zero-order valence-electron chi connectivity index (χ0n) is 10.2. The van der Waals surface area contributed by atoms with Crippen LogP contribution in [0, 0.1) is 5.82 Å². The standard InChI is InChI=1S/C12H12FN3O2S/c1-16-11(18)14-15-12(16)19-7-6-10(17)8-2-4-9(13)5-3-8/h2-5H,6-7H2,1H3,(H,14,18). The number of carbonyl (C=O) groups is 1. The van der Waals surface area contributed by atoms with E-state index in [4.69, 9.17) is 0 Å². The van der Waals surface area contributed by atoms with Gasteiger partial charge in [0.15, 0.2) is 10.9 Å². The maximum atomic E-state index is 12.7. The van der Waals surface area contributed by atoms with E-state index >= 15 is 0 Å². The van der Waals surface area contributed by atoms with Crippen molar-refractivity contribution in [3.63, 3.8) is 0 Å². The normalized spacial score (nSPS) is 10.6. The Hall–Kier alpha value is -1.89. The van der Waals surface area contributed by atoms with Gasteiger partial charge in [0.25, 0.3) is 0 Å². The van der Waals surface area contributed by atoms with Crippen molar-refractivity contribution >= 4 is 17.5 Å². The lowest BCUT2D eigenvalue weighted by Gasteiger charge is -2.01. The molecule has 0 aliphatic heterocycles. The molecule has 0 unspecified atom stereocenters. The molecule has 5 nitrogen and oxygen atoms in total. The lowest BCUT2D eigenvalue weighted by atomic mass is 10.1. The molecule has 0 atom stereocenters. The van der Waals surface area contributed by atoms with E-state index in [1.54, 1.807) is 7.05 Å². The first-order valence-electron chi connectivity index (χ1n) is 5.61. The fraction of sp³-hybridized carbons (Fsp3) is 0.250. The van der Waals surface area contributed by atoms with Crippen molar-refractivity contribution in [3.8, 4) is 0 Å². The van der Waals surface area contributed by atoms with Crippen molar-refractivity contribution in [1.29, 1.82) is 0 Å². The molecule has 0 spiro atoms. The van der Waals surface area contributed by atoms with E-state index in [-0.39, 0.29) is 17.3 Å². The molecule has 19 heavy (non-hydrogen) atoms. The number of hydrogen-bond acceptors (Lipinski definition) is 4. The zero-order chi connectivity index (χ0) is 13.8. The highest BCUT2D eigenvalue weighted by atomic mass is 32.2. The number of aromatic amines is 1. The van der Waals surface area contributed by atoms with Crippen LogP contribution >= 0.6 is 11.8 Å². The minimum atomic E-state index is -0.363. The second-order valence-corrected chi connectivity index (χ2v) is 4.96. The number of carbonyl (C=O) groups excluding carboxylic acids is 1. The molecule has 0 bridgehead atoms. The molecular formula is C12H12FN3O2S. The monoisotopic (exact) mass is 281 g/mol. The molecule has 2 rings (SSSR count). The van der Waals surface area contributed by atoms with Gasteiger partial charge in [-0.1, -0.05) is 11.8 Å². The SMILES string of the molecule is Cn1c(SCCC(=O)c2ccc(F)cc2)n[nH]c1=O. The predicted octanol–water partition coefficient (Wildman–Crippen LogP) is 1.61. The number of thioether (sulfide) groups is 1. The van der Waals surface area contributed by atoms with Crippen molar-refractivity contribution < 1.29 is 9.18 Å². The number of rotatable bonds is 5. The van der Waals surface area contributed by atoms with Crippen molar-refractivity contribution in [3.05, 3.63) is 46.1 Å². The maximum Gasteiger partial charge on any atom is 0.343 e. The minimum Gasteiger partial charge on any atom is -0.294 e. The smallest absolute Gasteiger partial charge is 0.294 e. The molecule has 1 heterocycles. The van der Waals surface area contributed by atoms with E-state index in [2.05, 4.69) is 10.2 Å². The van der Waals surface area contributed by atoms with Crippen LogP contribution in [0.25, 0.3) is 0 Å². The molecule has 0 aliphatic rings. The summed E-state index contributed by atoms with van der Waals surface area (Å²) in [7, 11) is 1.61. The number of Topliss-reactive ketones (excluding diaryl/α,β-unsaturated/α-hetero) is 1. The number of ketones is 1. The summed E-state index contributed by atoms with van der Waals surface area (Å²) in [5.41, 5.74) is 0.199. The van der Waals surface area contributed by atoms with Gasteiger partial charge in [0.1, 0.15) is 5.82 Å². The zero-order valence-corrected chi connectivity index (χ0v) is 11.0. The third-order valence-corrected chi connectivity index (χ3v) is 3.60. The minimum absolute atomic E-state index is 0.0620. The molecule has 0 aliphatic carbocycles. The molecule has 1 N–H and O–H groups in total. The van der Waals surface area contributed by atoms with Crippen molar-refractivity contribution in [2.75, 3.05) is 5.75 Å². The Morgan fingerprint density at radius 1 is 1.42 bits per heavy atom. The van der Waals surface area contributed by atoms with Crippen LogP contribution in [0.5, 0.6) is 0 Å². The molecule has 0 fully saturated rings. The van der Waals surface area contributed by atoms with Gasteiger partial charge in [-0.25, -0.2) is 14.3 Å².